The van der Waals surface area contributed by atoms with Crippen molar-refractivity contribution in [2.24, 2.45) is 0 Å². The van der Waals surface area contributed by atoms with Gasteiger partial charge in [-0.15, -0.1) is 0 Å². The molecule has 13 heavy (non-hydrogen) atoms. The van der Waals surface area contributed by atoms with Gasteiger partial charge in [-0.05, 0) is 6.07 Å². The maximum absolute atomic E-state index is 10.7. The molecule has 0 aliphatic heterocycles. The zero-order chi connectivity index (χ0) is 9.42. The molecule has 0 atom stereocenters. The van der Waals surface area contributed by atoms with E-state index in [1.165, 1.54) is 16.9 Å². The molecule has 2 N–H and O–H groups in total. The van der Waals surface area contributed by atoms with Crippen LogP contribution in [0.1, 0.15) is 0 Å². The minimum absolute atomic E-state index is 0.0855. The van der Waals surface area contributed by atoms with E-state index in [9.17, 15) is 8.42 Å². The zero-order valence-electron chi connectivity index (χ0n) is 6.41. The van der Waals surface area contributed by atoms with E-state index in [-0.39, 0.29) is 10.5 Å². The van der Waals surface area contributed by atoms with Crippen LogP contribution in [-0.4, -0.2) is 23.0 Å². The first kappa shape index (κ1) is 7.99. The lowest BCUT2D eigenvalue weighted by Gasteiger charge is -1.95. The van der Waals surface area contributed by atoms with E-state index < -0.39 is 10.7 Å². The van der Waals surface area contributed by atoms with Crippen molar-refractivity contribution < 1.29 is 8.42 Å². The molecular formula is C6H6N4O2S. The van der Waals surface area contributed by atoms with Gasteiger partial charge in [-0.2, -0.15) is 9.61 Å². The fourth-order valence-corrected chi connectivity index (χ4v) is 1.49. The number of nitrogens with zero attached hydrogens (tertiary/aromatic N) is 3. The van der Waals surface area contributed by atoms with Crippen molar-refractivity contribution in [3.05, 3.63) is 18.5 Å². The molecule has 0 aliphatic carbocycles. The normalized spacial score (nSPS) is 11.2. The number of aromatic nitrogens is 3. The largest absolute Gasteiger partial charge is 0.384 e. The Morgan fingerprint density at radius 3 is 2.92 bits per heavy atom. The van der Waals surface area contributed by atoms with Gasteiger partial charge in [-0.1, -0.05) is 0 Å². The van der Waals surface area contributed by atoms with Crippen LogP contribution < -0.4 is 5.73 Å². The van der Waals surface area contributed by atoms with Gasteiger partial charge < -0.3 is 5.73 Å². The van der Waals surface area contributed by atoms with Crippen LogP contribution in [0.4, 0.5) is 5.82 Å². The summed E-state index contributed by atoms with van der Waals surface area (Å²) in [5.41, 5.74) is 5.79. The van der Waals surface area contributed by atoms with Crippen molar-refractivity contribution in [2.45, 2.75) is 4.90 Å². The third-order valence-electron chi connectivity index (χ3n) is 1.61. The minimum Gasteiger partial charge on any atom is -0.384 e. The Bertz CT molecular complexity index is 522. The minimum atomic E-state index is -2.67. The van der Waals surface area contributed by atoms with Gasteiger partial charge >= 0.3 is 0 Å². The van der Waals surface area contributed by atoms with Crippen LogP contribution in [0.15, 0.2) is 23.4 Å². The average Bonchev–Trinajstić information content (AvgIpc) is 2.48. The van der Waals surface area contributed by atoms with Crippen LogP contribution in [0.2, 0.25) is 0 Å². The Morgan fingerprint density at radius 2 is 2.23 bits per heavy atom. The number of nitrogen functional groups attached to an aromatic ring is 1. The third kappa shape index (κ3) is 1.13. The standard InChI is InChI=1S/C6H6N4O2S/c7-5-1-2-8-6-4(13(11)12)3-9-10(5)6/h1-3,13H,7H2. The van der Waals surface area contributed by atoms with Crippen molar-refractivity contribution in [2.75, 3.05) is 5.73 Å². The molecule has 2 aromatic rings. The number of fused-ring (bicyclic) bond motifs is 1. The molecule has 2 rings (SSSR count). The SMILES string of the molecule is Nc1ccnc2c([SH](=O)=O)cnn12. The predicted octanol–water partition coefficient (Wildman–Crippen LogP) is -0.718. The Kier molecular flexibility index (Phi) is 1.66. The molecule has 6 nitrogen and oxygen atoms in total. The maximum atomic E-state index is 10.7. The van der Waals surface area contributed by atoms with Crippen LogP contribution in [0, 0.1) is 0 Å². The summed E-state index contributed by atoms with van der Waals surface area (Å²) in [6.45, 7) is 0. The lowest BCUT2D eigenvalue weighted by Crippen LogP contribution is -1.98. The van der Waals surface area contributed by atoms with E-state index in [0.717, 1.165) is 0 Å². The van der Waals surface area contributed by atoms with Gasteiger partial charge in [0.15, 0.2) is 16.4 Å². The second-order valence-corrected chi connectivity index (χ2v) is 3.39. The Morgan fingerprint density at radius 1 is 1.46 bits per heavy atom. The highest BCUT2D eigenvalue weighted by Crippen LogP contribution is 2.11. The second-order valence-electron chi connectivity index (χ2n) is 2.39. The van der Waals surface area contributed by atoms with Crippen LogP contribution in [-0.2, 0) is 10.7 Å². The summed E-state index contributed by atoms with van der Waals surface area (Å²) in [6.07, 6.45) is 2.67. The van der Waals surface area contributed by atoms with Crippen molar-refractivity contribution in [1.29, 1.82) is 0 Å². The van der Waals surface area contributed by atoms with Crippen LogP contribution >= 0.6 is 0 Å². The van der Waals surface area contributed by atoms with E-state index >= 15 is 0 Å². The molecule has 0 saturated heterocycles. The maximum Gasteiger partial charge on any atom is 0.175 e. The molecule has 68 valence electrons. The fraction of sp³-hybridized carbons (Fsp3) is 0. The number of hydrogen-bond acceptors (Lipinski definition) is 5. The summed E-state index contributed by atoms with van der Waals surface area (Å²) in [5.74, 6) is 0.355. The van der Waals surface area contributed by atoms with Crippen LogP contribution in [0.25, 0.3) is 5.65 Å². The first-order valence-electron chi connectivity index (χ1n) is 3.43. The fourth-order valence-electron chi connectivity index (χ4n) is 1.03. The van der Waals surface area contributed by atoms with Crippen molar-refractivity contribution in [1.82, 2.24) is 14.6 Å². The van der Waals surface area contributed by atoms with Gasteiger partial charge in [0, 0.05) is 6.20 Å². The number of rotatable bonds is 1. The summed E-state index contributed by atoms with van der Waals surface area (Å²) in [5, 5.41) is 3.78. The van der Waals surface area contributed by atoms with Gasteiger partial charge in [-0.3, -0.25) is 0 Å². The number of anilines is 1. The molecular weight excluding hydrogens is 192 g/mol. The molecule has 7 heteroatoms. The highest BCUT2D eigenvalue weighted by Gasteiger charge is 2.07. The number of thiol groups is 1. The van der Waals surface area contributed by atoms with E-state index in [1.54, 1.807) is 6.07 Å². The first-order chi connectivity index (χ1) is 6.20. The van der Waals surface area contributed by atoms with Crippen molar-refractivity contribution in [3.63, 3.8) is 0 Å². The van der Waals surface area contributed by atoms with Crippen molar-refractivity contribution >= 4 is 22.2 Å². The summed E-state index contributed by atoms with van der Waals surface area (Å²) < 4.78 is 22.7. The molecule has 0 aromatic carbocycles. The summed E-state index contributed by atoms with van der Waals surface area (Å²) in [7, 11) is -2.67. The van der Waals surface area contributed by atoms with Gasteiger partial charge in [-0.25, -0.2) is 13.4 Å². The van der Waals surface area contributed by atoms with E-state index in [2.05, 4.69) is 10.1 Å². The summed E-state index contributed by atoms with van der Waals surface area (Å²) in [6, 6.07) is 1.54. The molecule has 2 aromatic heterocycles. The third-order valence-corrected chi connectivity index (χ3v) is 2.32. The lowest BCUT2D eigenvalue weighted by atomic mass is 10.5. The highest BCUT2D eigenvalue weighted by molar-refractivity contribution is 7.72. The Balaban J connectivity index is 2.90. The number of nitrogens with two attached hydrogens (primary N) is 1. The van der Waals surface area contributed by atoms with Gasteiger partial charge in [0.2, 0.25) is 0 Å². The molecule has 2 heterocycles. The zero-order valence-corrected chi connectivity index (χ0v) is 7.31. The van der Waals surface area contributed by atoms with Crippen LogP contribution in [0.3, 0.4) is 0 Å². The molecule has 0 amide bonds. The van der Waals surface area contributed by atoms with E-state index in [4.69, 9.17) is 5.73 Å². The monoisotopic (exact) mass is 198 g/mol. The molecule has 0 unspecified atom stereocenters. The van der Waals surface area contributed by atoms with E-state index in [1.807, 2.05) is 0 Å². The summed E-state index contributed by atoms with van der Waals surface area (Å²) in [4.78, 5) is 3.95. The molecule has 0 saturated carbocycles. The molecule has 0 radical (unpaired) electrons. The molecule has 0 fully saturated rings. The van der Waals surface area contributed by atoms with Crippen molar-refractivity contribution in [3.8, 4) is 0 Å². The van der Waals surface area contributed by atoms with E-state index in [0.29, 0.717) is 5.82 Å². The van der Waals surface area contributed by atoms with Gasteiger partial charge in [0.25, 0.3) is 0 Å². The Hall–Kier alpha value is -1.63. The molecule has 0 spiro atoms. The topological polar surface area (TPSA) is 90.3 Å². The summed E-state index contributed by atoms with van der Waals surface area (Å²) >= 11 is 0. The van der Waals surface area contributed by atoms with Crippen LogP contribution in [0.5, 0.6) is 0 Å². The predicted molar refractivity (Wildman–Crippen MR) is 46.0 cm³/mol. The average molecular weight is 198 g/mol. The molecule has 0 aliphatic rings. The molecule has 0 bridgehead atoms. The van der Waals surface area contributed by atoms with Gasteiger partial charge in [0.1, 0.15) is 10.7 Å². The second kappa shape index (κ2) is 2.70. The number of hydrogen-bond donors (Lipinski definition) is 2. The highest BCUT2D eigenvalue weighted by atomic mass is 32.2. The quantitative estimate of drug-likeness (QED) is 0.590. The first-order valence-corrected chi connectivity index (χ1v) is 4.60. The smallest absolute Gasteiger partial charge is 0.175 e. The van der Waals surface area contributed by atoms with Gasteiger partial charge in [0.05, 0.1) is 6.20 Å². The Labute approximate surface area is 75.0 Å². The lowest BCUT2D eigenvalue weighted by molar-refractivity contribution is 0.615.